The van der Waals surface area contributed by atoms with E-state index in [1.807, 2.05) is 24.3 Å². The lowest BCUT2D eigenvalue weighted by atomic mass is 10.2. The lowest BCUT2D eigenvalue weighted by Crippen LogP contribution is -2.42. The van der Waals surface area contributed by atoms with E-state index in [4.69, 9.17) is 28.6 Å². The summed E-state index contributed by atoms with van der Waals surface area (Å²) in [6.45, 7) is 1.40. The van der Waals surface area contributed by atoms with Gasteiger partial charge in [-0.25, -0.2) is 0 Å². The third-order valence-electron chi connectivity index (χ3n) is 3.48. The van der Waals surface area contributed by atoms with E-state index in [1.54, 1.807) is 0 Å². The van der Waals surface area contributed by atoms with Gasteiger partial charge < -0.3 is 10.1 Å². The molecule has 2 aromatic rings. The number of halogens is 1. The van der Waals surface area contributed by atoms with Gasteiger partial charge in [0.1, 0.15) is 4.88 Å². The molecule has 0 aliphatic carbocycles. The molecule has 2 heterocycles. The Morgan fingerprint density at radius 3 is 3.00 bits per heavy atom. The molecular formula is C15H15ClN2O2S2. The second-order valence-electron chi connectivity index (χ2n) is 5.04. The van der Waals surface area contributed by atoms with Gasteiger partial charge in [-0.3, -0.25) is 10.1 Å². The number of benzene rings is 1. The van der Waals surface area contributed by atoms with Crippen LogP contribution in [0.25, 0.3) is 10.1 Å². The SMILES string of the molecule is O=C(NC(=S)NCC1CCCO1)c1sc2ccccc2c1Cl. The number of rotatable bonds is 3. The van der Waals surface area contributed by atoms with Crippen LogP contribution in [0.1, 0.15) is 22.5 Å². The molecular weight excluding hydrogens is 340 g/mol. The summed E-state index contributed by atoms with van der Waals surface area (Å²) in [6, 6.07) is 7.66. The number of hydrogen-bond acceptors (Lipinski definition) is 4. The molecule has 0 saturated carbocycles. The first-order valence-corrected chi connectivity index (χ1v) is 8.63. The summed E-state index contributed by atoms with van der Waals surface area (Å²) in [4.78, 5) is 12.8. The Hall–Kier alpha value is -1.21. The Morgan fingerprint density at radius 1 is 1.45 bits per heavy atom. The molecule has 2 N–H and O–H groups in total. The van der Waals surface area contributed by atoms with Gasteiger partial charge in [-0.15, -0.1) is 11.3 Å². The van der Waals surface area contributed by atoms with E-state index >= 15 is 0 Å². The first-order valence-electron chi connectivity index (χ1n) is 7.03. The van der Waals surface area contributed by atoms with E-state index in [0.717, 1.165) is 29.5 Å². The molecule has 116 valence electrons. The van der Waals surface area contributed by atoms with E-state index in [1.165, 1.54) is 11.3 Å². The van der Waals surface area contributed by atoms with E-state index in [9.17, 15) is 4.79 Å². The highest BCUT2D eigenvalue weighted by atomic mass is 35.5. The van der Waals surface area contributed by atoms with Gasteiger partial charge in [0, 0.05) is 23.2 Å². The van der Waals surface area contributed by atoms with Crippen molar-refractivity contribution in [1.29, 1.82) is 0 Å². The lowest BCUT2D eigenvalue weighted by Gasteiger charge is -2.13. The van der Waals surface area contributed by atoms with Crippen LogP contribution in [0.15, 0.2) is 24.3 Å². The van der Waals surface area contributed by atoms with Crippen molar-refractivity contribution in [3.8, 4) is 0 Å². The quantitative estimate of drug-likeness (QED) is 0.830. The van der Waals surface area contributed by atoms with Crippen molar-refractivity contribution >= 4 is 56.3 Å². The summed E-state index contributed by atoms with van der Waals surface area (Å²) in [5.41, 5.74) is 0. The molecule has 0 bridgehead atoms. The highest BCUT2D eigenvalue weighted by Gasteiger charge is 2.19. The van der Waals surface area contributed by atoms with Crippen molar-refractivity contribution in [2.45, 2.75) is 18.9 Å². The second-order valence-corrected chi connectivity index (χ2v) is 6.88. The molecule has 1 unspecified atom stereocenters. The Kier molecular flexibility index (Phi) is 4.93. The predicted molar refractivity (Wildman–Crippen MR) is 93.9 cm³/mol. The van der Waals surface area contributed by atoms with Crippen LogP contribution in [0.2, 0.25) is 5.02 Å². The smallest absolute Gasteiger partial charge is 0.269 e. The van der Waals surface area contributed by atoms with Crippen LogP contribution < -0.4 is 10.6 Å². The molecule has 1 aromatic carbocycles. The van der Waals surface area contributed by atoms with E-state index in [0.29, 0.717) is 21.6 Å². The molecule has 1 saturated heterocycles. The minimum atomic E-state index is -0.281. The summed E-state index contributed by atoms with van der Waals surface area (Å²) >= 11 is 12.8. The normalized spacial score (nSPS) is 17.6. The van der Waals surface area contributed by atoms with Gasteiger partial charge in [0.2, 0.25) is 0 Å². The van der Waals surface area contributed by atoms with Crippen LogP contribution in [0, 0.1) is 0 Å². The average Bonchev–Trinajstić information content (AvgIpc) is 3.14. The summed E-state index contributed by atoms with van der Waals surface area (Å²) in [5.74, 6) is -0.281. The number of ether oxygens (including phenoxy) is 1. The Morgan fingerprint density at radius 2 is 2.27 bits per heavy atom. The maximum atomic E-state index is 12.3. The van der Waals surface area contributed by atoms with Crippen molar-refractivity contribution in [2.75, 3.05) is 13.2 Å². The second kappa shape index (κ2) is 6.91. The lowest BCUT2D eigenvalue weighted by molar-refractivity contribution is 0.0977. The minimum Gasteiger partial charge on any atom is -0.376 e. The first kappa shape index (κ1) is 15.7. The average molecular weight is 355 g/mol. The molecule has 1 aliphatic rings. The van der Waals surface area contributed by atoms with Crippen LogP contribution >= 0.6 is 35.2 Å². The fourth-order valence-electron chi connectivity index (χ4n) is 2.38. The summed E-state index contributed by atoms with van der Waals surface area (Å²) < 4.78 is 6.48. The summed E-state index contributed by atoms with van der Waals surface area (Å²) in [7, 11) is 0. The van der Waals surface area contributed by atoms with E-state index < -0.39 is 0 Å². The number of thiophene rings is 1. The molecule has 7 heteroatoms. The van der Waals surface area contributed by atoms with Gasteiger partial charge in [-0.2, -0.15) is 0 Å². The van der Waals surface area contributed by atoms with Crippen LogP contribution in [-0.2, 0) is 4.74 Å². The molecule has 0 radical (unpaired) electrons. The standard InChI is InChI=1S/C15H15ClN2O2S2/c16-12-10-5-1-2-6-11(10)22-13(12)14(19)18-15(21)17-8-9-4-3-7-20-9/h1-2,5-6,9H,3-4,7-8H2,(H2,17,18,19,21). The van der Waals surface area contributed by atoms with Crippen molar-refractivity contribution in [3.63, 3.8) is 0 Å². The highest BCUT2D eigenvalue weighted by molar-refractivity contribution is 7.80. The van der Waals surface area contributed by atoms with Crippen LogP contribution in [0.3, 0.4) is 0 Å². The Balaban J connectivity index is 1.62. The van der Waals surface area contributed by atoms with Crippen LogP contribution in [0.5, 0.6) is 0 Å². The number of fused-ring (bicyclic) bond motifs is 1. The molecule has 3 rings (SSSR count). The zero-order valence-electron chi connectivity index (χ0n) is 11.7. The number of nitrogens with one attached hydrogen (secondary N) is 2. The zero-order valence-corrected chi connectivity index (χ0v) is 14.1. The Labute approximate surface area is 142 Å². The van der Waals surface area contributed by atoms with Gasteiger partial charge in [0.25, 0.3) is 5.91 Å². The topological polar surface area (TPSA) is 50.4 Å². The van der Waals surface area contributed by atoms with Crippen molar-refractivity contribution in [3.05, 3.63) is 34.2 Å². The monoisotopic (exact) mass is 354 g/mol. The number of carbonyl (C=O) groups excluding carboxylic acids is 1. The van der Waals surface area contributed by atoms with E-state index in [-0.39, 0.29) is 12.0 Å². The zero-order chi connectivity index (χ0) is 15.5. The fourth-order valence-corrected chi connectivity index (χ4v) is 3.96. The fraction of sp³-hybridized carbons (Fsp3) is 0.333. The van der Waals surface area contributed by atoms with Gasteiger partial charge >= 0.3 is 0 Å². The summed E-state index contributed by atoms with van der Waals surface area (Å²) in [6.07, 6.45) is 2.26. The number of carbonyl (C=O) groups is 1. The summed E-state index contributed by atoms with van der Waals surface area (Å²) in [5, 5.41) is 7.35. The molecule has 1 fully saturated rings. The first-order chi connectivity index (χ1) is 10.6. The molecule has 0 spiro atoms. The number of amides is 1. The molecule has 1 aliphatic heterocycles. The van der Waals surface area contributed by atoms with Crippen LogP contribution in [-0.4, -0.2) is 30.3 Å². The maximum Gasteiger partial charge on any atom is 0.269 e. The van der Waals surface area contributed by atoms with Crippen molar-refractivity contribution < 1.29 is 9.53 Å². The van der Waals surface area contributed by atoms with Gasteiger partial charge in [0.15, 0.2) is 5.11 Å². The number of hydrogen-bond donors (Lipinski definition) is 2. The largest absolute Gasteiger partial charge is 0.376 e. The van der Waals surface area contributed by atoms with Gasteiger partial charge in [-0.1, -0.05) is 29.8 Å². The predicted octanol–water partition coefficient (Wildman–Crippen LogP) is 3.34. The molecule has 4 nitrogen and oxygen atoms in total. The third kappa shape index (κ3) is 3.41. The third-order valence-corrected chi connectivity index (χ3v) is 5.40. The van der Waals surface area contributed by atoms with E-state index in [2.05, 4.69) is 10.6 Å². The molecule has 1 aromatic heterocycles. The molecule has 1 atom stereocenters. The van der Waals surface area contributed by atoms with Gasteiger partial charge in [0.05, 0.1) is 11.1 Å². The molecule has 22 heavy (non-hydrogen) atoms. The van der Waals surface area contributed by atoms with Crippen molar-refractivity contribution in [1.82, 2.24) is 10.6 Å². The number of thiocarbonyl (C=S) groups is 1. The Bertz CT molecular complexity index is 711. The highest BCUT2D eigenvalue weighted by Crippen LogP contribution is 2.34. The van der Waals surface area contributed by atoms with Gasteiger partial charge in [-0.05, 0) is 31.1 Å². The molecule has 1 amide bonds. The van der Waals surface area contributed by atoms with Crippen molar-refractivity contribution in [2.24, 2.45) is 0 Å². The maximum absolute atomic E-state index is 12.3. The van der Waals surface area contributed by atoms with Crippen LogP contribution in [0.4, 0.5) is 0 Å². The minimum absolute atomic E-state index is 0.169.